The Hall–Kier alpha value is -1.28. The fourth-order valence-electron chi connectivity index (χ4n) is 1.16. The number of amides is 1. The van der Waals surface area contributed by atoms with Gasteiger partial charge in [-0.2, -0.15) is 0 Å². The largest absolute Gasteiger partial charge is 0.349 e. The van der Waals surface area contributed by atoms with Crippen molar-refractivity contribution in [1.29, 1.82) is 0 Å². The molecule has 0 radical (unpaired) electrons. The zero-order valence-electron chi connectivity index (χ0n) is 9.53. The van der Waals surface area contributed by atoms with Crippen molar-refractivity contribution in [3.8, 4) is 0 Å². The van der Waals surface area contributed by atoms with Crippen LogP contribution in [0.2, 0.25) is 0 Å². The van der Waals surface area contributed by atoms with E-state index in [9.17, 15) is 4.79 Å². The fourth-order valence-corrected chi connectivity index (χ4v) is 1.34. The Morgan fingerprint density at radius 3 is 2.62 bits per heavy atom. The van der Waals surface area contributed by atoms with Crippen LogP contribution in [0.3, 0.4) is 0 Å². The number of benzene rings is 1. The molecule has 0 saturated heterocycles. The molecule has 1 aromatic carbocycles. The third-order valence-corrected chi connectivity index (χ3v) is 2.58. The number of carbonyl (C=O) groups is 1. The molecule has 3 heteroatoms. The van der Waals surface area contributed by atoms with Crippen LogP contribution in [0.4, 0.5) is 0 Å². The highest BCUT2D eigenvalue weighted by Crippen LogP contribution is 2.10. The quantitative estimate of drug-likeness (QED) is 0.801. The van der Waals surface area contributed by atoms with Crippen LogP contribution in [-0.2, 0) is 4.79 Å². The fraction of sp³-hybridized carbons (Fsp3) is 0.308. The summed E-state index contributed by atoms with van der Waals surface area (Å²) < 4.78 is 0. The third-order valence-electron chi connectivity index (χ3n) is 2.30. The molecular weight excluding hydrogens is 222 g/mol. The first-order valence-corrected chi connectivity index (χ1v) is 5.74. The molecule has 0 aliphatic carbocycles. The van der Waals surface area contributed by atoms with Crippen LogP contribution in [-0.4, -0.2) is 11.9 Å². The first-order chi connectivity index (χ1) is 7.63. The average molecular weight is 238 g/mol. The second-order valence-electron chi connectivity index (χ2n) is 3.69. The molecule has 0 aliphatic rings. The molecular formula is C13H16ClNO. The summed E-state index contributed by atoms with van der Waals surface area (Å²) in [5.74, 6) is -0.222. The summed E-state index contributed by atoms with van der Waals surface area (Å²) in [7, 11) is 0. The van der Waals surface area contributed by atoms with Crippen LogP contribution < -0.4 is 5.32 Å². The van der Waals surface area contributed by atoms with E-state index in [-0.39, 0.29) is 17.0 Å². The van der Waals surface area contributed by atoms with Crippen LogP contribution in [0.25, 0.3) is 6.08 Å². The minimum atomic E-state index is -0.222. The van der Waals surface area contributed by atoms with Crippen LogP contribution in [0.1, 0.15) is 25.8 Å². The zero-order chi connectivity index (χ0) is 12.0. The minimum absolute atomic E-state index is 0.144. The van der Waals surface area contributed by atoms with Crippen molar-refractivity contribution in [2.45, 2.75) is 26.3 Å². The van der Waals surface area contributed by atoms with Crippen LogP contribution in [0, 0.1) is 0 Å². The monoisotopic (exact) mass is 237 g/mol. The summed E-state index contributed by atoms with van der Waals surface area (Å²) in [6.45, 7) is 3.96. The summed E-state index contributed by atoms with van der Waals surface area (Å²) in [4.78, 5) is 11.6. The first kappa shape index (κ1) is 12.8. The summed E-state index contributed by atoms with van der Waals surface area (Å²) in [5, 5.41) is 3.02. The van der Waals surface area contributed by atoms with E-state index in [2.05, 4.69) is 5.32 Å². The highest BCUT2D eigenvalue weighted by atomic mass is 35.5. The first-order valence-electron chi connectivity index (χ1n) is 5.36. The lowest BCUT2D eigenvalue weighted by molar-refractivity contribution is -0.117. The Labute approximate surface area is 101 Å². The highest BCUT2D eigenvalue weighted by molar-refractivity contribution is 6.44. The number of hydrogen-bond acceptors (Lipinski definition) is 1. The predicted octanol–water partition coefficient (Wildman–Crippen LogP) is 3.18. The van der Waals surface area contributed by atoms with Gasteiger partial charge in [-0.25, -0.2) is 0 Å². The number of nitrogens with one attached hydrogen (secondary N) is 1. The van der Waals surface area contributed by atoms with E-state index in [1.165, 1.54) is 0 Å². The van der Waals surface area contributed by atoms with Gasteiger partial charge in [-0.05, 0) is 25.0 Å². The maximum atomic E-state index is 11.6. The van der Waals surface area contributed by atoms with E-state index in [1.54, 1.807) is 6.08 Å². The van der Waals surface area contributed by atoms with Gasteiger partial charge in [-0.3, -0.25) is 4.79 Å². The average Bonchev–Trinajstić information content (AvgIpc) is 2.30. The standard InChI is InChI=1S/C13H16ClNO/c1-3-10(2)15-13(16)12(14)9-11-7-5-4-6-8-11/h4-10H,3H2,1-2H3,(H,15,16)/b12-9-. The molecule has 0 bridgehead atoms. The van der Waals surface area contributed by atoms with Crippen molar-refractivity contribution in [2.24, 2.45) is 0 Å². The number of rotatable bonds is 4. The molecule has 1 rings (SSSR count). The van der Waals surface area contributed by atoms with Gasteiger partial charge >= 0.3 is 0 Å². The molecule has 0 fully saturated rings. The Balaban J connectivity index is 2.67. The molecule has 1 unspecified atom stereocenters. The van der Waals surface area contributed by atoms with Gasteiger partial charge in [0.2, 0.25) is 0 Å². The van der Waals surface area contributed by atoms with Gasteiger partial charge in [0.1, 0.15) is 5.03 Å². The normalized spacial score (nSPS) is 13.3. The lowest BCUT2D eigenvalue weighted by Crippen LogP contribution is -2.31. The van der Waals surface area contributed by atoms with Crippen LogP contribution >= 0.6 is 11.6 Å². The molecule has 0 heterocycles. The second-order valence-corrected chi connectivity index (χ2v) is 4.09. The Morgan fingerprint density at radius 2 is 2.06 bits per heavy atom. The predicted molar refractivity (Wildman–Crippen MR) is 68.2 cm³/mol. The molecule has 86 valence electrons. The van der Waals surface area contributed by atoms with Crippen molar-refractivity contribution in [1.82, 2.24) is 5.32 Å². The number of carbonyl (C=O) groups excluding carboxylic acids is 1. The smallest absolute Gasteiger partial charge is 0.263 e. The molecule has 0 aliphatic heterocycles. The van der Waals surface area contributed by atoms with Crippen molar-refractivity contribution >= 4 is 23.6 Å². The summed E-state index contributed by atoms with van der Waals surface area (Å²) in [6.07, 6.45) is 2.56. The van der Waals surface area contributed by atoms with Crippen molar-refractivity contribution in [3.63, 3.8) is 0 Å². The van der Waals surface area contributed by atoms with Gasteiger partial charge in [0.05, 0.1) is 0 Å². The molecule has 0 saturated carbocycles. The molecule has 1 amide bonds. The van der Waals surface area contributed by atoms with E-state index in [1.807, 2.05) is 44.2 Å². The Bertz CT molecular complexity index is 373. The molecule has 1 N–H and O–H groups in total. The topological polar surface area (TPSA) is 29.1 Å². The van der Waals surface area contributed by atoms with Gasteiger partial charge in [0.25, 0.3) is 5.91 Å². The third kappa shape index (κ3) is 4.07. The van der Waals surface area contributed by atoms with E-state index in [0.717, 1.165) is 12.0 Å². The molecule has 1 atom stereocenters. The number of hydrogen-bond donors (Lipinski definition) is 1. The van der Waals surface area contributed by atoms with E-state index < -0.39 is 0 Å². The lowest BCUT2D eigenvalue weighted by atomic mass is 10.2. The second kappa shape index (κ2) is 6.33. The van der Waals surface area contributed by atoms with Gasteiger partial charge in [0.15, 0.2) is 0 Å². The minimum Gasteiger partial charge on any atom is -0.349 e. The maximum absolute atomic E-state index is 11.6. The van der Waals surface area contributed by atoms with Gasteiger partial charge < -0.3 is 5.32 Å². The summed E-state index contributed by atoms with van der Waals surface area (Å²) in [6, 6.07) is 9.68. The van der Waals surface area contributed by atoms with Gasteiger partial charge in [-0.15, -0.1) is 0 Å². The van der Waals surface area contributed by atoms with E-state index >= 15 is 0 Å². The molecule has 0 aromatic heterocycles. The van der Waals surface area contributed by atoms with E-state index in [4.69, 9.17) is 11.6 Å². The zero-order valence-corrected chi connectivity index (χ0v) is 10.3. The van der Waals surface area contributed by atoms with Gasteiger partial charge in [-0.1, -0.05) is 48.9 Å². The van der Waals surface area contributed by atoms with Crippen molar-refractivity contribution in [3.05, 3.63) is 40.9 Å². The Kier molecular flexibility index (Phi) is 5.06. The maximum Gasteiger partial charge on any atom is 0.263 e. The molecule has 2 nitrogen and oxygen atoms in total. The molecule has 0 spiro atoms. The van der Waals surface area contributed by atoms with E-state index in [0.29, 0.717) is 0 Å². The molecule has 16 heavy (non-hydrogen) atoms. The summed E-state index contributed by atoms with van der Waals surface area (Å²) >= 11 is 5.92. The van der Waals surface area contributed by atoms with Crippen LogP contribution in [0.15, 0.2) is 35.4 Å². The van der Waals surface area contributed by atoms with Gasteiger partial charge in [0, 0.05) is 6.04 Å². The molecule has 1 aromatic rings. The highest BCUT2D eigenvalue weighted by Gasteiger charge is 2.08. The SMILES string of the molecule is CCC(C)NC(=O)/C(Cl)=C/c1ccccc1. The Morgan fingerprint density at radius 1 is 1.44 bits per heavy atom. The summed E-state index contributed by atoms with van der Waals surface area (Å²) in [5.41, 5.74) is 0.923. The van der Waals surface area contributed by atoms with Crippen molar-refractivity contribution in [2.75, 3.05) is 0 Å². The van der Waals surface area contributed by atoms with Crippen molar-refractivity contribution < 1.29 is 4.79 Å². The lowest BCUT2D eigenvalue weighted by Gasteiger charge is -2.10. The number of halogens is 1. The van der Waals surface area contributed by atoms with Crippen LogP contribution in [0.5, 0.6) is 0 Å².